The molecule has 0 amide bonds. The molecule has 2 aliphatic carbocycles. The van der Waals surface area contributed by atoms with Gasteiger partial charge in [0.15, 0.2) is 0 Å². The molecule has 0 bridgehead atoms. The quantitative estimate of drug-likeness (QED) is 0.692. The first-order chi connectivity index (χ1) is 11.1. The Morgan fingerprint density at radius 2 is 1.75 bits per heavy atom. The van der Waals surface area contributed by atoms with Crippen LogP contribution in [0.5, 0.6) is 11.5 Å². The van der Waals surface area contributed by atoms with E-state index in [9.17, 15) is 15.3 Å². The molecule has 1 aromatic carbocycles. The van der Waals surface area contributed by atoms with Crippen LogP contribution < -0.4 is 0 Å². The van der Waals surface area contributed by atoms with E-state index in [1.54, 1.807) is 12.1 Å². The van der Waals surface area contributed by atoms with Gasteiger partial charge in [-0.3, -0.25) is 0 Å². The molecule has 24 heavy (non-hydrogen) atoms. The Labute approximate surface area is 145 Å². The Bertz CT molecular complexity index is 620. The molecule has 1 aromatic rings. The van der Waals surface area contributed by atoms with Gasteiger partial charge in [0.2, 0.25) is 0 Å². The smallest absolute Gasteiger partial charge is 0.119 e. The Morgan fingerprint density at radius 1 is 1.04 bits per heavy atom. The van der Waals surface area contributed by atoms with Gasteiger partial charge in [0.25, 0.3) is 0 Å². The number of phenols is 2. The number of aliphatic hydroxyl groups is 1. The van der Waals surface area contributed by atoms with Gasteiger partial charge in [-0.15, -0.1) is 0 Å². The molecule has 0 unspecified atom stereocenters. The van der Waals surface area contributed by atoms with E-state index in [1.165, 1.54) is 18.9 Å². The summed E-state index contributed by atoms with van der Waals surface area (Å²) in [6.45, 7) is 9.05. The zero-order valence-corrected chi connectivity index (χ0v) is 15.5. The van der Waals surface area contributed by atoms with Gasteiger partial charge in [-0.25, -0.2) is 0 Å². The highest BCUT2D eigenvalue weighted by Gasteiger charge is 2.57. The Morgan fingerprint density at radius 3 is 2.46 bits per heavy atom. The van der Waals surface area contributed by atoms with Gasteiger partial charge in [0, 0.05) is 0 Å². The lowest BCUT2D eigenvalue weighted by Gasteiger charge is -2.61. The molecule has 4 atom stereocenters. The summed E-state index contributed by atoms with van der Waals surface area (Å²) in [4.78, 5) is 0. The lowest BCUT2D eigenvalue weighted by Crippen LogP contribution is -2.58. The number of benzene rings is 1. The normalized spacial score (nSPS) is 38.5. The maximum Gasteiger partial charge on any atom is 0.119 e. The number of rotatable bonds is 2. The van der Waals surface area contributed by atoms with Crippen LogP contribution in [0.2, 0.25) is 0 Å². The third kappa shape index (κ3) is 2.81. The Kier molecular flexibility index (Phi) is 4.15. The van der Waals surface area contributed by atoms with Gasteiger partial charge >= 0.3 is 0 Å². The molecule has 3 N–H and O–H groups in total. The van der Waals surface area contributed by atoms with Crippen molar-refractivity contribution in [2.45, 2.75) is 71.8 Å². The third-order valence-corrected chi connectivity index (χ3v) is 7.25. The van der Waals surface area contributed by atoms with Crippen LogP contribution in [0, 0.1) is 22.7 Å². The number of fused-ring (bicyclic) bond motifs is 1. The highest BCUT2D eigenvalue weighted by Crippen LogP contribution is 2.62. The number of phenolic OH excluding ortho intramolecular Hbond substituents is 2. The Balaban J connectivity index is 2.00. The van der Waals surface area contributed by atoms with Gasteiger partial charge in [0.1, 0.15) is 11.5 Å². The van der Waals surface area contributed by atoms with Gasteiger partial charge in [-0.05, 0) is 85.5 Å². The average Bonchev–Trinajstić information content (AvgIpc) is 2.45. The number of aromatic hydroxyl groups is 2. The fraction of sp³-hybridized carbons (Fsp3) is 0.714. The first-order valence-corrected chi connectivity index (χ1v) is 9.29. The molecule has 0 heterocycles. The monoisotopic (exact) mass is 332 g/mol. The second-order valence-corrected chi connectivity index (χ2v) is 9.37. The van der Waals surface area contributed by atoms with Crippen LogP contribution in [0.15, 0.2) is 18.2 Å². The van der Waals surface area contributed by atoms with Crippen molar-refractivity contribution in [1.82, 2.24) is 0 Å². The van der Waals surface area contributed by atoms with Crippen molar-refractivity contribution in [3.8, 4) is 11.5 Å². The topological polar surface area (TPSA) is 60.7 Å². The molecule has 0 aromatic heterocycles. The average molecular weight is 332 g/mol. The summed E-state index contributed by atoms with van der Waals surface area (Å²) < 4.78 is 0. The SMILES string of the molecule is CC1(C)CCC[C@@]2(C)[C@@H](Cc3cc(O)ccc3O)[C@](C)(O)CC[C@@H]12. The van der Waals surface area contributed by atoms with Crippen molar-refractivity contribution in [3.63, 3.8) is 0 Å². The fourth-order valence-corrected chi connectivity index (χ4v) is 6.03. The summed E-state index contributed by atoms with van der Waals surface area (Å²) in [6.07, 6.45) is 6.05. The number of hydrogen-bond acceptors (Lipinski definition) is 3. The highest BCUT2D eigenvalue weighted by atomic mass is 16.3. The standard InChI is InChI=1S/C21H32O3/c1-19(2)9-5-10-20(3)17(19)8-11-21(4,24)18(20)13-14-12-15(22)6-7-16(14)23/h6-7,12,17-18,22-24H,5,8-11,13H2,1-4H3/t17-,18+,20+,21+/m0/s1. The van der Waals surface area contributed by atoms with E-state index >= 15 is 0 Å². The van der Waals surface area contributed by atoms with Crippen molar-refractivity contribution >= 4 is 0 Å². The van der Waals surface area contributed by atoms with Gasteiger partial charge in [-0.2, -0.15) is 0 Å². The zero-order chi connectivity index (χ0) is 17.8. The van der Waals surface area contributed by atoms with Crippen molar-refractivity contribution in [3.05, 3.63) is 23.8 Å². The third-order valence-electron chi connectivity index (χ3n) is 7.25. The Hall–Kier alpha value is -1.22. The molecule has 0 aliphatic heterocycles. The second-order valence-electron chi connectivity index (χ2n) is 9.37. The predicted octanol–water partition coefficient (Wildman–Crippen LogP) is 4.63. The van der Waals surface area contributed by atoms with Crippen molar-refractivity contribution in [1.29, 1.82) is 0 Å². The van der Waals surface area contributed by atoms with Gasteiger partial charge in [0.05, 0.1) is 5.60 Å². The second kappa shape index (κ2) is 5.66. The van der Waals surface area contributed by atoms with E-state index in [2.05, 4.69) is 20.8 Å². The molecule has 3 nitrogen and oxygen atoms in total. The zero-order valence-electron chi connectivity index (χ0n) is 15.5. The first-order valence-electron chi connectivity index (χ1n) is 9.29. The van der Waals surface area contributed by atoms with Crippen molar-refractivity contribution < 1.29 is 15.3 Å². The lowest BCUT2D eigenvalue weighted by molar-refractivity contribution is -0.166. The molecule has 0 saturated heterocycles. The molecule has 3 heteroatoms. The van der Waals surface area contributed by atoms with E-state index in [0.29, 0.717) is 17.8 Å². The minimum Gasteiger partial charge on any atom is -0.508 e. The highest BCUT2D eigenvalue weighted by molar-refractivity contribution is 5.39. The molecule has 0 spiro atoms. The molecular formula is C21H32O3. The minimum atomic E-state index is -0.740. The van der Waals surface area contributed by atoms with E-state index in [1.807, 2.05) is 6.92 Å². The number of hydrogen-bond donors (Lipinski definition) is 3. The van der Waals surface area contributed by atoms with Crippen LogP contribution in [-0.2, 0) is 6.42 Å². The predicted molar refractivity (Wildman–Crippen MR) is 96.1 cm³/mol. The van der Waals surface area contributed by atoms with Crippen molar-refractivity contribution in [2.75, 3.05) is 0 Å². The summed E-state index contributed by atoms with van der Waals surface area (Å²) in [5.41, 5.74) is 0.353. The molecule has 2 fully saturated rings. The summed E-state index contributed by atoms with van der Waals surface area (Å²) in [5, 5.41) is 31.2. The molecule has 134 valence electrons. The van der Waals surface area contributed by atoms with Crippen LogP contribution in [-0.4, -0.2) is 20.9 Å². The van der Waals surface area contributed by atoms with Gasteiger partial charge in [-0.1, -0.05) is 27.2 Å². The van der Waals surface area contributed by atoms with Crippen molar-refractivity contribution in [2.24, 2.45) is 22.7 Å². The summed E-state index contributed by atoms with van der Waals surface area (Å²) in [5.74, 6) is 1.05. The fourth-order valence-electron chi connectivity index (χ4n) is 6.03. The molecule has 2 saturated carbocycles. The molecular weight excluding hydrogens is 300 g/mol. The lowest BCUT2D eigenvalue weighted by atomic mass is 9.45. The maximum absolute atomic E-state index is 11.2. The first kappa shape index (κ1) is 17.6. The summed E-state index contributed by atoms with van der Waals surface area (Å²) in [6, 6.07) is 4.70. The molecule has 3 rings (SSSR count). The summed E-state index contributed by atoms with van der Waals surface area (Å²) >= 11 is 0. The molecule has 0 radical (unpaired) electrons. The van der Waals surface area contributed by atoms with Crippen LogP contribution in [0.25, 0.3) is 0 Å². The van der Waals surface area contributed by atoms with Crippen LogP contribution >= 0.6 is 0 Å². The minimum absolute atomic E-state index is 0.0569. The van der Waals surface area contributed by atoms with Crippen LogP contribution in [0.1, 0.15) is 65.4 Å². The largest absolute Gasteiger partial charge is 0.508 e. The summed E-state index contributed by atoms with van der Waals surface area (Å²) in [7, 11) is 0. The van der Waals surface area contributed by atoms with Crippen LogP contribution in [0.4, 0.5) is 0 Å². The molecule has 2 aliphatic rings. The van der Waals surface area contributed by atoms with E-state index in [4.69, 9.17) is 0 Å². The van der Waals surface area contributed by atoms with E-state index in [0.717, 1.165) is 24.8 Å². The van der Waals surface area contributed by atoms with E-state index in [-0.39, 0.29) is 22.8 Å². The maximum atomic E-state index is 11.2. The van der Waals surface area contributed by atoms with E-state index < -0.39 is 5.60 Å². The van der Waals surface area contributed by atoms with Gasteiger partial charge < -0.3 is 15.3 Å². The van der Waals surface area contributed by atoms with Crippen LogP contribution in [0.3, 0.4) is 0 Å².